The summed E-state index contributed by atoms with van der Waals surface area (Å²) in [5, 5.41) is 21.6. The van der Waals surface area contributed by atoms with Crippen LogP contribution >= 0.6 is 0 Å². The Morgan fingerprint density at radius 2 is 1.88 bits per heavy atom. The smallest absolute Gasteiger partial charge is 0.203 e. The van der Waals surface area contributed by atoms with Gasteiger partial charge >= 0.3 is 0 Å². The van der Waals surface area contributed by atoms with Crippen LogP contribution < -0.4 is 14.9 Å². The molecular formula is C26H26O6. The van der Waals surface area contributed by atoms with E-state index in [4.69, 9.17) is 13.9 Å². The molecule has 0 saturated carbocycles. The van der Waals surface area contributed by atoms with Crippen molar-refractivity contribution in [1.82, 2.24) is 0 Å². The lowest BCUT2D eigenvalue weighted by molar-refractivity contribution is 0.158. The van der Waals surface area contributed by atoms with E-state index < -0.39 is 17.1 Å². The third-order valence-corrected chi connectivity index (χ3v) is 5.35. The van der Waals surface area contributed by atoms with Crippen molar-refractivity contribution in [3.63, 3.8) is 0 Å². The van der Waals surface area contributed by atoms with Crippen LogP contribution in [0.1, 0.15) is 44.9 Å². The van der Waals surface area contributed by atoms with Gasteiger partial charge < -0.3 is 24.1 Å². The van der Waals surface area contributed by atoms with E-state index in [0.29, 0.717) is 22.6 Å². The Balaban J connectivity index is 2.09. The lowest BCUT2D eigenvalue weighted by Crippen LogP contribution is -2.27. The molecule has 0 bridgehead atoms. The van der Waals surface area contributed by atoms with Crippen LogP contribution in [0.5, 0.6) is 17.2 Å². The Kier molecular flexibility index (Phi) is 5.34. The molecule has 0 fully saturated rings. The molecule has 32 heavy (non-hydrogen) atoms. The molecule has 166 valence electrons. The molecule has 1 aromatic heterocycles. The predicted molar refractivity (Wildman–Crippen MR) is 124 cm³/mol. The van der Waals surface area contributed by atoms with Gasteiger partial charge in [0.1, 0.15) is 40.1 Å². The average Bonchev–Trinajstić information content (AvgIpc) is 2.71. The number of ether oxygens (including phenoxy) is 2. The van der Waals surface area contributed by atoms with Crippen LogP contribution in [0.3, 0.4) is 0 Å². The number of aliphatic hydroxyl groups excluding tert-OH is 1. The fourth-order valence-electron chi connectivity index (χ4n) is 3.83. The highest BCUT2D eigenvalue weighted by atomic mass is 16.5. The molecule has 0 spiro atoms. The molecule has 2 heterocycles. The third kappa shape index (κ3) is 3.78. The molecule has 0 aliphatic carbocycles. The third-order valence-electron chi connectivity index (χ3n) is 5.35. The SMILES string of the molecule is COc1ccc(-c2oc3c4c(cc(O)c3c(=O)c2[C@@H](O)C=C(C)C)OC(C)(C)C=C4)cc1. The van der Waals surface area contributed by atoms with Gasteiger partial charge in [0.15, 0.2) is 5.58 Å². The molecule has 1 aliphatic heterocycles. The largest absolute Gasteiger partial charge is 0.507 e. The van der Waals surface area contributed by atoms with Gasteiger partial charge in [-0.05, 0) is 64.1 Å². The number of hydrogen-bond acceptors (Lipinski definition) is 6. The molecule has 4 rings (SSSR count). The molecule has 3 aromatic rings. The van der Waals surface area contributed by atoms with Crippen LogP contribution in [0.25, 0.3) is 28.4 Å². The standard InChI is InChI=1S/C26H26O6/c1-14(2)12-18(27)21-23(29)22-19(28)13-20-17(10-11-26(3,4)32-20)25(22)31-24(21)15-6-8-16(30-5)9-7-15/h6-13,18,27-28H,1-5H3/t18-/m0/s1. The van der Waals surface area contributed by atoms with Crippen molar-refractivity contribution in [2.45, 2.75) is 39.4 Å². The minimum Gasteiger partial charge on any atom is -0.507 e. The van der Waals surface area contributed by atoms with E-state index in [2.05, 4.69) is 0 Å². The van der Waals surface area contributed by atoms with Gasteiger partial charge in [-0.2, -0.15) is 0 Å². The quantitative estimate of drug-likeness (QED) is 0.538. The highest BCUT2D eigenvalue weighted by Crippen LogP contribution is 2.42. The summed E-state index contributed by atoms with van der Waals surface area (Å²) in [4.78, 5) is 13.6. The van der Waals surface area contributed by atoms with Crippen LogP contribution in [0.2, 0.25) is 0 Å². The van der Waals surface area contributed by atoms with Gasteiger partial charge in [0.25, 0.3) is 0 Å². The van der Waals surface area contributed by atoms with Crippen molar-refractivity contribution < 1.29 is 24.1 Å². The van der Waals surface area contributed by atoms with Crippen LogP contribution in [-0.4, -0.2) is 22.9 Å². The molecule has 2 aromatic carbocycles. The zero-order chi connectivity index (χ0) is 23.2. The van der Waals surface area contributed by atoms with E-state index >= 15 is 0 Å². The Bertz CT molecular complexity index is 1310. The van der Waals surface area contributed by atoms with Gasteiger partial charge in [0.2, 0.25) is 5.43 Å². The lowest BCUT2D eigenvalue weighted by atomic mass is 9.96. The first-order chi connectivity index (χ1) is 15.1. The predicted octanol–water partition coefficient (Wildman–Crippen LogP) is 5.36. The maximum Gasteiger partial charge on any atom is 0.203 e. The number of methoxy groups -OCH3 is 1. The van der Waals surface area contributed by atoms with Crippen LogP contribution in [0.15, 0.2) is 57.3 Å². The van der Waals surface area contributed by atoms with Gasteiger partial charge in [0, 0.05) is 11.6 Å². The fraction of sp³-hybridized carbons (Fsp3) is 0.269. The van der Waals surface area contributed by atoms with Crippen LogP contribution in [0.4, 0.5) is 0 Å². The minimum atomic E-state index is -1.21. The van der Waals surface area contributed by atoms with Crippen molar-refractivity contribution >= 4 is 17.0 Å². The number of hydrogen-bond donors (Lipinski definition) is 2. The normalized spacial score (nSPS) is 15.1. The zero-order valence-corrected chi connectivity index (χ0v) is 18.7. The number of benzene rings is 2. The van der Waals surface area contributed by atoms with Crippen LogP contribution in [0, 0.1) is 0 Å². The number of phenols is 1. The maximum atomic E-state index is 13.6. The summed E-state index contributed by atoms with van der Waals surface area (Å²) in [6, 6.07) is 8.43. The van der Waals surface area contributed by atoms with E-state index in [1.54, 1.807) is 37.5 Å². The first-order valence-corrected chi connectivity index (χ1v) is 10.3. The Labute approximate surface area is 186 Å². The summed E-state index contributed by atoms with van der Waals surface area (Å²) in [5.41, 5.74) is 1.19. The Morgan fingerprint density at radius 1 is 1.19 bits per heavy atom. The van der Waals surface area contributed by atoms with Crippen molar-refractivity contribution in [3.8, 4) is 28.6 Å². The number of phenolic OH excluding ortho intramolecular Hbond substituents is 1. The molecule has 6 nitrogen and oxygen atoms in total. The molecule has 2 N–H and O–H groups in total. The van der Waals surface area contributed by atoms with Gasteiger partial charge in [-0.3, -0.25) is 4.79 Å². The molecule has 0 saturated heterocycles. The van der Waals surface area contributed by atoms with Gasteiger partial charge in [-0.25, -0.2) is 0 Å². The Morgan fingerprint density at radius 3 is 2.50 bits per heavy atom. The van der Waals surface area contributed by atoms with Crippen molar-refractivity contribution in [2.24, 2.45) is 0 Å². The number of fused-ring (bicyclic) bond motifs is 3. The van der Waals surface area contributed by atoms with Crippen LogP contribution in [-0.2, 0) is 0 Å². The molecule has 0 radical (unpaired) electrons. The van der Waals surface area contributed by atoms with Gasteiger partial charge in [0.05, 0.1) is 18.2 Å². The number of rotatable bonds is 4. The van der Waals surface area contributed by atoms with Crippen molar-refractivity contribution in [3.05, 3.63) is 69.4 Å². The number of aliphatic hydroxyl groups is 1. The topological polar surface area (TPSA) is 89.1 Å². The zero-order valence-electron chi connectivity index (χ0n) is 18.7. The van der Waals surface area contributed by atoms with E-state index in [9.17, 15) is 15.0 Å². The second-order valence-electron chi connectivity index (χ2n) is 8.64. The lowest BCUT2D eigenvalue weighted by Gasteiger charge is -2.28. The van der Waals surface area contributed by atoms with Crippen molar-refractivity contribution in [2.75, 3.05) is 7.11 Å². The monoisotopic (exact) mass is 434 g/mol. The molecule has 0 amide bonds. The molecular weight excluding hydrogens is 408 g/mol. The highest BCUT2D eigenvalue weighted by Gasteiger charge is 2.29. The summed E-state index contributed by atoms with van der Waals surface area (Å²) in [5.74, 6) is 1.03. The van der Waals surface area contributed by atoms with Gasteiger partial charge in [-0.1, -0.05) is 11.6 Å². The minimum absolute atomic E-state index is 0.00479. The number of allylic oxidation sites excluding steroid dienone is 1. The second kappa shape index (κ2) is 7.88. The number of aromatic hydroxyl groups is 1. The van der Waals surface area contributed by atoms with E-state index in [1.807, 2.05) is 39.8 Å². The fourth-order valence-corrected chi connectivity index (χ4v) is 3.83. The first-order valence-electron chi connectivity index (χ1n) is 10.3. The molecule has 1 aliphatic rings. The summed E-state index contributed by atoms with van der Waals surface area (Å²) >= 11 is 0. The summed E-state index contributed by atoms with van der Waals surface area (Å²) < 4.78 is 17.5. The second-order valence-corrected chi connectivity index (χ2v) is 8.64. The highest BCUT2D eigenvalue weighted by molar-refractivity contribution is 5.95. The molecule has 1 atom stereocenters. The summed E-state index contributed by atoms with van der Waals surface area (Å²) in [6.45, 7) is 7.45. The summed E-state index contributed by atoms with van der Waals surface area (Å²) in [6.07, 6.45) is 4.06. The first kappa shape index (κ1) is 21.7. The molecule has 0 unspecified atom stereocenters. The molecule has 6 heteroatoms. The summed E-state index contributed by atoms with van der Waals surface area (Å²) in [7, 11) is 1.57. The van der Waals surface area contributed by atoms with E-state index in [0.717, 1.165) is 5.57 Å². The van der Waals surface area contributed by atoms with E-state index in [-0.39, 0.29) is 28.0 Å². The maximum absolute atomic E-state index is 13.6. The van der Waals surface area contributed by atoms with E-state index in [1.165, 1.54) is 6.07 Å². The Hall–Kier alpha value is -3.51. The average molecular weight is 434 g/mol. The van der Waals surface area contributed by atoms with Gasteiger partial charge in [-0.15, -0.1) is 0 Å². The van der Waals surface area contributed by atoms with Crippen molar-refractivity contribution in [1.29, 1.82) is 0 Å².